The van der Waals surface area contributed by atoms with Crippen LogP contribution in [-0.2, 0) is 29.0 Å². The van der Waals surface area contributed by atoms with Crippen molar-refractivity contribution in [2.75, 3.05) is 6.61 Å². The molecule has 0 bridgehead atoms. The zero-order valence-electron chi connectivity index (χ0n) is 21.0. The minimum atomic E-state index is -0.311. The summed E-state index contributed by atoms with van der Waals surface area (Å²) in [4.78, 5) is 12.4. The molecule has 0 spiro atoms. The van der Waals surface area contributed by atoms with Crippen molar-refractivity contribution < 1.29 is 40.6 Å². The Labute approximate surface area is 223 Å². The first-order valence-electron chi connectivity index (χ1n) is 12.8. The minimum absolute atomic E-state index is 0. The monoisotopic (exact) mass is 558 g/mol. The van der Waals surface area contributed by atoms with Crippen LogP contribution in [0.1, 0.15) is 73.4 Å². The average Bonchev–Trinajstić information content (AvgIpc) is 3.03. The molecule has 4 rings (SSSR count). The second-order valence-corrected chi connectivity index (χ2v) is 9.59. The van der Waals surface area contributed by atoms with Gasteiger partial charge < -0.3 is 26.8 Å². The van der Waals surface area contributed by atoms with Gasteiger partial charge in [-0.25, -0.2) is 13.5 Å². The molecule has 1 heterocycles. The van der Waals surface area contributed by atoms with E-state index in [2.05, 4.69) is 9.13 Å². The van der Waals surface area contributed by atoms with Gasteiger partial charge in [-0.15, -0.1) is 0 Å². The van der Waals surface area contributed by atoms with Gasteiger partial charge in [-0.3, -0.25) is 4.79 Å². The second-order valence-electron chi connectivity index (χ2n) is 9.59. The molecule has 194 valence electrons. The van der Waals surface area contributed by atoms with Gasteiger partial charge in [0.15, 0.2) is 0 Å². The van der Waals surface area contributed by atoms with Crippen LogP contribution in [0.5, 0.6) is 5.75 Å². The normalized spacial score (nSPS) is 14.2. The maximum Gasteiger partial charge on any atom is 0.310 e. The lowest BCUT2D eigenvalue weighted by Crippen LogP contribution is -3.00. The van der Waals surface area contributed by atoms with E-state index in [1.54, 1.807) is 12.1 Å². The molecule has 1 N–H and O–H groups in total. The number of hydrogen-bond acceptors (Lipinski definition) is 3. The molecule has 3 aromatic rings. The molecule has 2 aromatic carbocycles. The maximum atomic E-state index is 13.1. The summed E-state index contributed by atoms with van der Waals surface area (Å²) in [6, 6.07) is 12.3. The largest absolute Gasteiger partial charge is 1.00 e. The van der Waals surface area contributed by atoms with Crippen molar-refractivity contribution >= 4 is 5.97 Å². The number of hydrogen-bond donors (Lipinski definition) is 1. The number of aryl methyl sites for hydroxylation is 1. The number of para-hydroxylation sites is 1. The third kappa shape index (κ3) is 7.42. The van der Waals surface area contributed by atoms with E-state index in [1.807, 2.05) is 37.5 Å². The quantitative estimate of drug-likeness (QED) is 0.190. The van der Waals surface area contributed by atoms with Crippen molar-refractivity contribution in [3.05, 3.63) is 83.2 Å². The Morgan fingerprint density at radius 2 is 1.83 bits per heavy atom. The molecular weight excluding hydrogens is 523 g/mol. The number of carbonyl (C=O) groups excluding carboxylic acids is 1. The summed E-state index contributed by atoms with van der Waals surface area (Å²) in [5.41, 5.74) is 2.67. The van der Waals surface area contributed by atoms with Crippen molar-refractivity contribution in [1.29, 1.82) is 0 Å². The van der Waals surface area contributed by atoms with Gasteiger partial charge >= 0.3 is 5.97 Å². The lowest BCUT2D eigenvalue weighted by molar-refractivity contribution is -0.694. The van der Waals surface area contributed by atoms with Gasteiger partial charge in [-0.2, -0.15) is 0 Å². The summed E-state index contributed by atoms with van der Waals surface area (Å²) in [5, 5.41) is 10.8. The number of esters is 1. The number of benzene rings is 2. The Balaban J connectivity index is 0.00000361. The van der Waals surface area contributed by atoms with Crippen LogP contribution in [0.25, 0.3) is 0 Å². The number of imidazole rings is 1. The van der Waals surface area contributed by atoms with Crippen LogP contribution in [0.3, 0.4) is 0 Å². The highest BCUT2D eigenvalue weighted by molar-refractivity contribution is 5.73. The molecule has 1 fully saturated rings. The average molecular weight is 560 g/mol. The Morgan fingerprint density at radius 1 is 1.11 bits per heavy atom. The van der Waals surface area contributed by atoms with Gasteiger partial charge in [0.2, 0.25) is 0 Å². The Hall–Kier alpha value is -2.67. The highest BCUT2D eigenvalue weighted by Gasteiger charge is 2.20. The minimum Gasteiger partial charge on any atom is -1.00 e. The molecule has 0 atom stereocenters. The molecule has 0 aliphatic heterocycles. The van der Waals surface area contributed by atoms with Gasteiger partial charge in [-0.05, 0) is 42.0 Å². The molecule has 0 unspecified atom stereocenters. The first-order valence-corrected chi connectivity index (χ1v) is 12.8. The van der Waals surface area contributed by atoms with Gasteiger partial charge in [0, 0.05) is 18.9 Å². The van der Waals surface area contributed by atoms with E-state index in [4.69, 9.17) is 4.74 Å². The fourth-order valence-electron chi connectivity index (χ4n) is 5.03. The molecule has 36 heavy (non-hydrogen) atoms. The summed E-state index contributed by atoms with van der Waals surface area (Å²) in [6.07, 6.45) is 11.9. The van der Waals surface area contributed by atoms with E-state index in [1.165, 1.54) is 37.8 Å². The lowest BCUT2D eigenvalue weighted by Gasteiger charge is -2.18. The van der Waals surface area contributed by atoms with Crippen LogP contribution in [0.2, 0.25) is 0 Å². The van der Waals surface area contributed by atoms with E-state index in [0.29, 0.717) is 31.1 Å². The van der Waals surface area contributed by atoms with E-state index < -0.39 is 0 Å². The zero-order valence-corrected chi connectivity index (χ0v) is 22.6. The SMILES string of the molecule is Cc1n(CCCOC(=O)Cc2cccc(C3CCCCCC3)c2O)cc[n+]1Cc1ccc(F)cc1.[Br-]. The van der Waals surface area contributed by atoms with Crippen molar-refractivity contribution in [2.24, 2.45) is 0 Å². The number of nitrogens with zero attached hydrogens (tertiary/aromatic N) is 2. The Kier molecular flexibility index (Phi) is 10.5. The Bertz CT molecular complexity index is 1120. The van der Waals surface area contributed by atoms with Crippen molar-refractivity contribution in [2.45, 2.75) is 77.3 Å². The highest BCUT2D eigenvalue weighted by atomic mass is 79.9. The second kappa shape index (κ2) is 13.6. The number of ether oxygens (including phenoxy) is 1. The predicted molar refractivity (Wildman–Crippen MR) is 133 cm³/mol. The summed E-state index contributed by atoms with van der Waals surface area (Å²) in [6.45, 7) is 3.78. The van der Waals surface area contributed by atoms with E-state index >= 15 is 0 Å². The van der Waals surface area contributed by atoms with Crippen molar-refractivity contribution in [1.82, 2.24) is 4.57 Å². The van der Waals surface area contributed by atoms with Crippen LogP contribution >= 0.6 is 0 Å². The molecule has 1 aliphatic rings. The molecule has 1 saturated carbocycles. The molecule has 0 amide bonds. The van der Waals surface area contributed by atoms with E-state index in [-0.39, 0.29) is 40.9 Å². The number of rotatable bonds is 9. The first-order chi connectivity index (χ1) is 17.0. The van der Waals surface area contributed by atoms with Crippen molar-refractivity contribution in [3.63, 3.8) is 0 Å². The standard InChI is InChI=1S/C29H35FN2O3.BrH/c1-22-31(17-18-32(22)21-23-12-14-26(30)15-13-23)16-7-19-35-28(33)20-25-10-6-11-27(29(25)34)24-8-4-2-3-5-9-24;/h6,10-15,17-18,24H,2-5,7-9,16,19-21H2,1H3;1H. The lowest BCUT2D eigenvalue weighted by atomic mass is 9.89. The molecule has 1 aromatic heterocycles. The maximum absolute atomic E-state index is 13.1. The summed E-state index contributed by atoms with van der Waals surface area (Å²) < 4.78 is 22.8. The zero-order chi connectivity index (χ0) is 24.6. The summed E-state index contributed by atoms with van der Waals surface area (Å²) >= 11 is 0. The molecule has 0 radical (unpaired) electrons. The topological polar surface area (TPSA) is 55.3 Å². The van der Waals surface area contributed by atoms with Gasteiger partial charge in [0.05, 0.1) is 19.6 Å². The van der Waals surface area contributed by atoms with E-state index in [9.17, 15) is 14.3 Å². The van der Waals surface area contributed by atoms with Crippen LogP contribution in [0, 0.1) is 12.7 Å². The van der Waals surface area contributed by atoms with Crippen LogP contribution < -0.4 is 21.5 Å². The number of aromatic hydroxyl groups is 1. The Morgan fingerprint density at radius 3 is 2.56 bits per heavy atom. The number of aromatic nitrogens is 2. The van der Waals surface area contributed by atoms with Crippen LogP contribution in [-0.4, -0.2) is 22.2 Å². The summed E-state index contributed by atoms with van der Waals surface area (Å²) in [7, 11) is 0. The molecular formula is C29H36BrFN2O3. The van der Waals surface area contributed by atoms with Crippen LogP contribution in [0.4, 0.5) is 4.39 Å². The van der Waals surface area contributed by atoms with Crippen LogP contribution in [0.15, 0.2) is 54.9 Å². The molecule has 7 heteroatoms. The fraction of sp³-hybridized carbons (Fsp3) is 0.448. The molecule has 1 aliphatic carbocycles. The summed E-state index contributed by atoms with van der Waals surface area (Å²) in [5.74, 6) is 1.19. The number of phenols is 1. The van der Waals surface area contributed by atoms with Crippen molar-refractivity contribution in [3.8, 4) is 5.75 Å². The van der Waals surface area contributed by atoms with E-state index in [0.717, 1.165) is 36.3 Å². The smallest absolute Gasteiger partial charge is 0.310 e. The molecule has 5 nitrogen and oxygen atoms in total. The van der Waals surface area contributed by atoms with Gasteiger partial charge in [0.25, 0.3) is 5.82 Å². The number of halogens is 2. The predicted octanol–water partition coefficient (Wildman–Crippen LogP) is 2.59. The first kappa shape index (κ1) is 27.9. The third-order valence-electron chi connectivity index (χ3n) is 7.11. The molecule has 0 saturated heterocycles. The number of carbonyl (C=O) groups is 1. The van der Waals surface area contributed by atoms with Gasteiger partial charge in [0.1, 0.15) is 30.5 Å². The third-order valence-corrected chi connectivity index (χ3v) is 7.11. The van der Waals surface area contributed by atoms with Gasteiger partial charge in [-0.1, -0.05) is 56.0 Å². The highest BCUT2D eigenvalue weighted by Crippen LogP contribution is 2.37. The number of phenolic OH excluding ortho intramolecular Hbond substituents is 1. The fourth-order valence-corrected chi connectivity index (χ4v) is 5.03.